The van der Waals surface area contributed by atoms with E-state index in [1.165, 1.54) is 0 Å². The zero-order valence-corrected chi connectivity index (χ0v) is 17.1. The summed E-state index contributed by atoms with van der Waals surface area (Å²) in [7, 11) is 1.65. The van der Waals surface area contributed by atoms with Gasteiger partial charge in [0.25, 0.3) is 0 Å². The van der Waals surface area contributed by atoms with Gasteiger partial charge in [-0.15, -0.1) is 0 Å². The van der Waals surface area contributed by atoms with Crippen LogP contribution in [0.3, 0.4) is 0 Å². The number of hydrogen-bond donors (Lipinski definition) is 1. The molecule has 0 bridgehead atoms. The van der Waals surface area contributed by atoms with Crippen LogP contribution in [0.5, 0.6) is 5.75 Å². The molecule has 4 rings (SSSR count). The maximum absolute atomic E-state index is 12.9. The van der Waals surface area contributed by atoms with Gasteiger partial charge in [0.2, 0.25) is 5.91 Å². The molecular weight excluding hydrogens is 376 g/mol. The van der Waals surface area contributed by atoms with E-state index in [9.17, 15) is 4.79 Å². The third-order valence-corrected chi connectivity index (χ3v) is 5.21. The van der Waals surface area contributed by atoms with Gasteiger partial charge in [-0.05, 0) is 47.9 Å². The van der Waals surface area contributed by atoms with Crippen molar-refractivity contribution >= 4 is 11.6 Å². The van der Waals surface area contributed by atoms with Crippen LogP contribution in [0.4, 0.5) is 0 Å². The van der Waals surface area contributed by atoms with E-state index in [0.29, 0.717) is 13.0 Å². The molecule has 1 atom stereocenters. The number of aromatic nitrogens is 3. The zero-order chi connectivity index (χ0) is 20.9. The Hall–Kier alpha value is -3.67. The van der Waals surface area contributed by atoms with Crippen LogP contribution < -0.4 is 10.1 Å². The molecule has 3 heterocycles. The van der Waals surface area contributed by atoms with Crippen molar-refractivity contribution in [3.63, 3.8) is 0 Å². The largest absolute Gasteiger partial charge is 0.497 e. The lowest BCUT2D eigenvalue weighted by Gasteiger charge is -2.18. The van der Waals surface area contributed by atoms with E-state index in [-0.39, 0.29) is 11.8 Å². The number of aryl methyl sites for hydroxylation is 1. The van der Waals surface area contributed by atoms with Gasteiger partial charge in [0.05, 0.1) is 12.8 Å². The molecule has 152 valence electrons. The first-order valence-corrected chi connectivity index (χ1v) is 9.88. The first kappa shape index (κ1) is 19.6. The Kier molecular flexibility index (Phi) is 5.75. The van der Waals surface area contributed by atoms with Crippen LogP contribution in [0.15, 0.2) is 73.3 Å². The summed E-state index contributed by atoms with van der Waals surface area (Å²) in [5.41, 5.74) is 4.94. The van der Waals surface area contributed by atoms with Crippen molar-refractivity contribution < 1.29 is 9.53 Å². The summed E-state index contributed by atoms with van der Waals surface area (Å²) in [5.74, 6) is 0.568. The highest BCUT2D eigenvalue weighted by Gasteiger charge is 2.22. The number of methoxy groups -OCH3 is 1. The molecule has 1 aromatic carbocycles. The third-order valence-electron chi connectivity index (χ3n) is 5.21. The van der Waals surface area contributed by atoms with Gasteiger partial charge < -0.3 is 14.5 Å². The van der Waals surface area contributed by atoms with Gasteiger partial charge in [-0.3, -0.25) is 9.78 Å². The van der Waals surface area contributed by atoms with Crippen LogP contribution in [0.2, 0.25) is 0 Å². The average Bonchev–Trinajstić information content (AvgIpc) is 3.22. The number of hydrogen-bond acceptors (Lipinski definition) is 4. The SMILES string of the molecule is COc1cccc([C@H](CC(=O)NCc2cccnc2)c2cnc3c(C)cccn23)c1. The third kappa shape index (κ3) is 4.17. The van der Waals surface area contributed by atoms with E-state index in [0.717, 1.165) is 33.8 Å². The summed E-state index contributed by atoms with van der Waals surface area (Å²) < 4.78 is 7.47. The number of benzene rings is 1. The Labute approximate surface area is 175 Å². The molecule has 6 heteroatoms. The number of carbonyl (C=O) groups is 1. The van der Waals surface area contributed by atoms with Crippen LogP contribution in [0.25, 0.3) is 5.65 Å². The Morgan fingerprint density at radius 3 is 2.87 bits per heavy atom. The number of amides is 1. The predicted molar refractivity (Wildman–Crippen MR) is 115 cm³/mol. The number of nitrogens with zero attached hydrogens (tertiary/aromatic N) is 3. The minimum absolute atomic E-state index is 0.0331. The number of pyridine rings is 2. The number of carbonyl (C=O) groups excluding carboxylic acids is 1. The minimum Gasteiger partial charge on any atom is -0.497 e. The van der Waals surface area contributed by atoms with Crippen LogP contribution in [0, 0.1) is 6.92 Å². The fraction of sp³-hybridized carbons (Fsp3) is 0.208. The average molecular weight is 400 g/mol. The Balaban J connectivity index is 1.65. The van der Waals surface area contributed by atoms with E-state index in [2.05, 4.69) is 19.7 Å². The fourth-order valence-corrected chi connectivity index (χ4v) is 3.64. The van der Waals surface area contributed by atoms with Gasteiger partial charge >= 0.3 is 0 Å². The second kappa shape index (κ2) is 8.78. The first-order valence-electron chi connectivity index (χ1n) is 9.88. The molecule has 3 aromatic heterocycles. The van der Waals surface area contributed by atoms with Crippen LogP contribution in [-0.4, -0.2) is 27.4 Å². The van der Waals surface area contributed by atoms with E-state index < -0.39 is 0 Å². The molecule has 0 aliphatic carbocycles. The molecule has 0 radical (unpaired) electrons. The highest BCUT2D eigenvalue weighted by Crippen LogP contribution is 2.31. The van der Waals surface area contributed by atoms with E-state index in [1.54, 1.807) is 19.5 Å². The number of imidazole rings is 1. The maximum Gasteiger partial charge on any atom is 0.221 e. The summed E-state index contributed by atoms with van der Waals surface area (Å²) in [6.07, 6.45) is 7.63. The van der Waals surface area contributed by atoms with Gasteiger partial charge in [0.15, 0.2) is 0 Å². The summed E-state index contributed by atoms with van der Waals surface area (Å²) in [6, 6.07) is 15.7. The van der Waals surface area contributed by atoms with Crippen LogP contribution in [-0.2, 0) is 11.3 Å². The maximum atomic E-state index is 12.9. The topological polar surface area (TPSA) is 68.5 Å². The number of ether oxygens (including phenoxy) is 1. The summed E-state index contributed by atoms with van der Waals surface area (Å²) >= 11 is 0. The highest BCUT2D eigenvalue weighted by molar-refractivity contribution is 5.77. The Morgan fingerprint density at radius 1 is 1.17 bits per heavy atom. The van der Waals surface area contributed by atoms with Crippen molar-refractivity contribution in [1.82, 2.24) is 19.7 Å². The molecule has 0 saturated carbocycles. The van der Waals surface area contributed by atoms with Gasteiger partial charge in [-0.25, -0.2) is 4.98 Å². The van der Waals surface area contributed by atoms with Crippen molar-refractivity contribution in [3.8, 4) is 5.75 Å². The van der Waals surface area contributed by atoms with Gasteiger partial charge in [0.1, 0.15) is 11.4 Å². The quantitative estimate of drug-likeness (QED) is 0.511. The normalized spacial score (nSPS) is 11.9. The number of fused-ring (bicyclic) bond motifs is 1. The van der Waals surface area contributed by atoms with Gasteiger partial charge in [-0.2, -0.15) is 0 Å². The predicted octanol–water partition coefficient (Wildman–Crippen LogP) is 3.88. The highest BCUT2D eigenvalue weighted by atomic mass is 16.5. The minimum atomic E-state index is -0.161. The second-order valence-corrected chi connectivity index (χ2v) is 7.24. The molecule has 0 unspecified atom stereocenters. The Morgan fingerprint density at radius 2 is 2.07 bits per heavy atom. The monoisotopic (exact) mass is 400 g/mol. The molecule has 30 heavy (non-hydrogen) atoms. The van der Waals surface area contributed by atoms with Gasteiger partial charge in [-0.1, -0.05) is 24.3 Å². The molecule has 6 nitrogen and oxygen atoms in total. The molecule has 1 N–H and O–H groups in total. The smallest absolute Gasteiger partial charge is 0.221 e. The van der Waals surface area contributed by atoms with E-state index in [1.807, 2.05) is 67.8 Å². The van der Waals surface area contributed by atoms with Crippen molar-refractivity contribution in [3.05, 3.63) is 95.7 Å². The zero-order valence-electron chi connectivity index (χ0n) is 17.1. The van der Waals surface area contributed by atoms with Crippen molar-refractivity contribution in [2.45, 2.75) is 25.8 Å². The van der Waals surface area contributed by atoms with Crippen molar-refractivity contribution in [1.29, 1.82) is 0 Å². The van der Waals surface area contributed by atoms with Crippen LogP contribution >= 0.6 is 0 Å². The van der Waals surface area contributed by atoms with Crippen molar-refractivity contribution in [2.75, 3.05) is 7.11 Å². The van der Waals surface area contributed by atoms with E-state index in [4.69, 9.17) is 4.74 Å². The van der Waals surface area contributed by atoms with Crippen LogP contribution in [0.1, 0.15) is 34.7 Å². The number of nitrogens with one attached hydrogen (secondary N) is 1. The molecule has 0 saturated heterocycles. The Bertz CT molecular complexity index is 1150. The second-order valence-electron chi connectivity index (χ2n) is 7.24. The summed E-state index contributed by atoms with van der Waals surface area (Å²) in [5, 5.41) is 3.01. The molecule has 1 amide bonds. The lowest BCUT2D eigenvalue weighted by Crippen LogP contribution is -2.25. The number of rotatable bonds is 7. The first-order chi connectivity index (χ1) is 14.7. The molecule has 0 fully saturated rings. The van der Waals surface area contributed by atoms with Gasteiger partial charge in [0, 0.05) is 43.7 Å². The lowest BCUT2D eigenvalue weighted by molar-refractivity contribution is -0.121. The molecule has 0 aliphatic heterocycles. The summed E-state index contributed by atoms with van der Waals surface area (Å²) in [4.78, 5) is 21.6. The standard InChI is InChI=1S/C24H24N4O2/c1-17-6-5-11-28-22(16-27-24(17)28)21(19-8-3-9-20(12-19)30-2)13-23(29)26-15-18-7-4-10-25-14-18/h3-12,14,16,21H,13,15H2,1-2H3,(H,26,29)/t21-/m0/s1. The lowest BCUT2D eigenvalue weighted by atomic mass is 9.92. The molecular formula is C24H24N4O2. The summed E-state index contributed by atoms with van der Waals surface area (Å²) in [6.45, 7) is 2.48. The van der Waals surface area contributed by atoms with E-state index >= 15 is 0 Å². The fourth-order valence-electron chi connectivity index (χ4n) is 3.64. The molecule has 4 aromatic rings. The van der Waals surface area contributed by atoms with Crippen molar-refractivity contribution in [2.24, 2.45) is 0 Å². The molecule has 0 spiro atoms. The molecule has 0 aliphatic rings.